The topological polar surface area (TPSA) is 77.8 Å². The van der Waals surface area contributed by atoms with Crippen LogP contribution in [0.1, 0.15) is 18.7 Å². The summed E-state index contributed by atoms with van der Waals surface area (Å²) in [6.45, 7) is 0.544. The van der Waals surface area contributed by atoms with E-state index < -0.39 is 0 Å². The lowest BCUT2D eigenvalue weighted by Gasteiger charge is -2.03. The molecule has 5 nitrogen and oxygen atoms in total. The summed E-state index contributed by atoms with van der Waals surface area (Å²) < 4.78 is 5.25. The molecule has 6 heteroatoms. The molecule has 0 unspecified atom stereocenters. The second-order valence-corrected chi connectivity index (χ2v) is 4.71. The normalized spacial score (nSPS) is 17.1. The van der Waals surface area contributed by atoms with Gasteiger partial charge < -0.3 is 10.3 Å². The van der Waals surface area contributed by atoms with Gasteiger partial charge in [0.2, 0.25) is 11.7 Å². The standard InChI is InChI=1S/C11H11ClN4O/c12-7-1-2-8(14-5-7)9-15-10(17-16-9)11(6-13)3-4-11/h1-2,5H,3-4,6,13H2. The van der Waals surface area contributed by atoms with Crippen LogP contribution in [0, 0.1) is 0 Å². The van der Waals surface area contributed by atoms with Gasteiger partial charge in [0.05, 0.1) is 10.4 Å². The van der Waals surface area contributed by atoms with Gasteiger partial charge in [0.25, 0.3) is 0 Å². The number of hydrogen-bond donors (Lipinski definition) is 1. The molecular formula is C11H11ClN4O. The Morgan fingerprint density at radius 1 is 1.41 bits per heavy atom. The summed E-state index contributed by atoms with van der Waals surface area (Å²) >= 11 is 5.77. The van der Waals surface area contributed by atoms with Crippen LogP contribution in [0.4, 0.5) is 0 Å². The largest absolute Gasteiger partial charge is 0.338 e. The van der Waals surface area contributed by atoms with E-state index in [4.69, 9.17) is 21.9 Å². The highest BCUT2D eigenvalue weighted by Gasteiger charge is 2.48. The Morgan fingerprint density at radius 3 is 2.82 bits per heavy atom. The first-order valence-corrected chi connectivity index (χ1v) is 5.77. The minimum absolute atomic E-state index is 0.0856. The third kappa shape index (κ3) is 1.81. The molecule has 2 heterocycles. The highest BCUT2D eigenvalue weighted by molar-refractivity contribution is 6.30. The van der Waals surface area contributed by atoms with Gasteiger partial charge in [-0.2, -0.15) is 4.98 Å². The van der Waals surface area contributed by atoms with Crippen molar-refractivity contribution in [1.82, 2.24) is 15.1 Å². The number of hydrogen-bond acceptors (Lipinski definition) is 5. The van der Waals surface area contributed by atoms with E-state index >= 15 is 0 Å². The van der Waals surface area contributed by atoms with Crippen LogP contribution in [0.3, 0.4) is 0 Å². The Bertz CT molecular complexity index is 533. The van der Waals surface area contributed by atoms with Crippen LogP contribution >= 0.6 is 11.6 Å². The second kappa shape index (κ2) is 3.78. The first-order valence-electron chi connectivity index (χ1n) is 5.40. The molecule has 1 fully saturated rings. The van der Waals surface area contributed by atoms with E-state index in [0.717, 1.165) is 12.8 Å². The van der Waals surface area contributed by atoms with Crippen molar-refractivity contribution in [3.8, 4) is 11.5 Å². The summed E-state index contributed by atoms with van der Waals surface area (Å²) in [5, 5.41) is 4.50. The van der Waals surface area contributed by atoms with Gasteiger partial charge in [-0.1, -0.05) is 16.8 Å². The van der Waals surface area contributed by atoms with Crippen LogP contribution in [0.5, 0.6) is 0 Å². The predicted octanol–water partition coefficient (Wildman–Crippen LogP) is 1.78. The van der Waals surface area contributed by atoms with Gasteiger partial charge in [-0.15, -0.1) is 0 Å². The van der Waals surface area contributed by atoms with Crippen molar-refractivity contribution in [2.24, 2.45) is 5.73 Å². The zero-order chi connectivity index (χ0) is 11.9. The second-order valence-electron chi connectivity index (χ2n) is 4.27. The van der Waals surface area contributed by atoms with Crippen LogP contribution in [-0.2, 0) is 5.41 Å². The fraction of sp³-hybridized carbons (Fsp3) is 0.364. The Balaban J connectivity index is 1.92. The quantitative estimate of drug-likeness (QED) is 0.898. The highest BCUT2D eigenvalue weighted by Crippen LogP contribution is 2.46. The molecule has 17 heavy (non-hydrogen) atoms. The Labute approximate surface area is 103 Å². The molecule has 0 bridgehead atoms. The SMILES string of the molecule is NCC1(c2nc(-c3ccc(Cl)cn3)no2)CC1. The smallest absolute Gasteiger partial charge is 0.234 e. The molecule has 0 amide bonds. The Hall–Kier alpha value is -1.46. The summed E-state index contributed by atoms with van der Waals surface area (Å²) in [7, 11) is 0. The fourth-order valence-electron chi connectivity index (χ4n) is 1.71. The van der Waals surface area contributed by atoms with E-state index in [9.17, 15) is 0 Å². The molecular weight excluding hydrogens is 240 g/mol. The van der Waals surface area contributed by atoms with Gasteiger partial charge in [0.1, 0.15) is 5.69 Å². The molecule has 2 aromatic heterocycles. The molecule has 2 aromatic rings. The summed E-state index contributed by atoms with van der Waals surface area (Å²) in [6, 6.07) is 3.51. The first-order chi connectivity index (χ1) is 8.23. The molecule has 2 N–H and O–H groups in total. The summed E-state index contributed by atoms with van der Waals surface area (Å²) in [5.41, 5.74) is 6.27. The van der Waals surface area contributed by atoms with E-state index in [-0.39, 0.29) is 5.41 Å². The minimum Gasteiger partial charge on any atom is -0.338 e. The van der Waals surface area contributed by atoms with Crippen molar-refractivity contribution >= 4 is 11.6 Å². The van der Waals surface area contributed by atoms with Gasteiger partial charge >= 0.3 is 0 Å². The number of pyridine rings is 1. The average molecular weight is 251 g/mol. The van der Waals surface area contributed by atoms with Crippen LogP contribution < -0.4 is 5.73 Å². The molecule has 0 aliphatic heterocycles. The van der Waals surface area contributed by atoms with Gasteiger partial charge in [0, 0.05) is 12.7 Å². The summed E-state index contributed by atoms with van der Waals surface area (Å²) in [6.07, 6.45) is 3.58. The predicted molar refractivity (Wildman–Crippen MR) is 62.5 cm³/mol. The van der Waals surface area contributed by atoms with Crippen molar-refractivity contribution in [3.63, 3.8) is 0 Å². The van der Waals surface area contributed by atoms with Crippen LogP contribution in [0.2, 0.25) is 5.02 Å². The highest BCUT2D eigenvalue weighted by atomic mass is 35.5. The lowest BCUT2D eigenvalue weighted by molar-refractivity contribution is 0.347. The maximum atomic E-state index is 5.77. The number of halogens is 1. The Morgan fingerprint density at radius 2 is 2.24 bits per heavy atom. The van der Waals surface area contributed by atoms with E-state index in [1.807, 2.05) is 0 Å². The van der Waals surface area contributed by atoms with E-state index in [1.54, 1.807) is 18.3 Å². The lowest BCUT2D eigenvalue weighted by atomic mass is 10.1. The average Bonchev–Trinajstić information content (AvgIpc) is 3.00. The van der Waals surface area contributed by atoms with Gasteiger partial charge in [0.15, 0.2) is 0 Å². The Kier molecular flexibility index (Phi) is 2.38. The number of nitrogens with two attached hydrogens (primary N) is 1. The molecule has 3 rings (SSSR count). The number of nitrogens with zero attached hydrogens (tertiary/aromatic N) is 3. The van der Waals surface area contributed by atoms with Gasteiger partial charge in [-0.25, -0.2) is 0 Å². The van der Waals surface area contributed by atoms with Gasteiger partial charge in [-0.3, -0.25) is 4.98 Å². The van der Waals surface area contributed by atoms with Crippen molar-refractivity contribution in [1.29, 1.82) is 0 Å². The maximum absolute atomic E-state index is 5.77. The van der Waals surface area contributed by atoms with Crippen molar-refractivity contribution in [2.45, 2.75) is 18.3 Å². The summed E-state index contributed by atoms with van der Waals surface area (Å²) in [4.78, 5) is 8.49. The summed E-state index contributed by atoms with van der Waals surface area (Å²) in [5.74, 6) is 1.10. The first kappa shape index (κ1) is 10.7. The fourth-order valence-corrected chi connectivity index (χ4v) is 1.82. The monoisotopic (exact) mass is 250 g/mol. The third-order valence-corrected chi connectivity index (χ3v) is 3.30. The molecule has 1 aliphatic carbocycles. The molecule has 0 aromatic carbocycles. The maximum Gasteiger partial charge on any atom is 0.234 e. The minimum atomic E-state index is -0.0856. The zero-order valence-corrected chi connectivity index (χ0v) is 9.81. The van der Waals surface area contributed by atoms with Crippen molar-refractivity contribution in [2.75, 3.05) is 6.54 Å². The molecule has 1 saturated carbocycles. The van der Waals surface area contributed by atoms with Gasteiger partial charge in [-0.05, 0) is 25.0 Å². The van der Waals surface area contributed by atoms with Crippen molar-refractivity contribution < 1.29 is 4.52 Å². The molecule has 0 saturated heterocycles. The molecule has 0 spiro atoms. The number of rotatable bonds is 3. The zero-order valence-electron chi connectivity index (χ0n) is 9.06. The van der Waals surface area contributed by atoms with E-state index in [2.05, 4.69) is 15.1 Å². The molecule has 0 atom stereocenters. The molecule has 88 valence electrons. The molecule has 0 radical (unpaired) electrons. The van der Waals surface area contributed by atoms with E-state index in [0.29, 0.717) is 29.0 Å². The van der Waals surface area contributed by atoms with Crippen LogP contribution in [0.15, 0.2) is 22.9 Å². The number of aromatic nitrogens is 3. The van der Waals surface area contributed by atoms with Crippen LogP contribution in [0.25, 0.3) is 11.5 Å². The molecule has 1 aliphatic rings. The van der Waals surface area contributed by atoms with E-state index in [1.165, 1.54) is 0 Å². The third-order valence-electron chi connectivity index (χ3n) is 3.08. The lowest BCUT2D eigenvalue weighted by Crippen LogP contribution is -2.19. The van der Waals surface area contributed by atoms with Crippen molar-refractivity contribution in [3.05, 3.63) is 29.2 Å². The van der Waals surface area contributed by atoms with Crippen LogP contribution in [-0.4, -0.2) is 21.7 Å².